The van der Waals surface area contributed by atoms with Crippen molar-refractivity contribution in [3.05, 3.63) is 54.0 Å². The van der Waals surface area contributed by atoms with E-state index >= 15 is 0 Å². The Labute approximate surface area is 125 Å². The maximum Gasteiger partial charge on any atom is 0.331 e. The molecule has 0 aliphatic heterocycles. The highest BCUT2D eigenvalue weighted by Crippen LogP contribution is 2.24. The Morgan fingerprint density at radius 3 is 2.57 bits per heavy atom. The van der Waals surface area contributed by atoms with Crippen molar-refractivity contribution < 1.29 is 4.57 Å². The van der Waals surface area contributed by atoms with Crippen LogP contribution in [-0.2, 0) is 7.05 Å². The van der Waals surface area contributed by atoms with Crippen LogP contribution in [0.4, 0.5) is 0 Å². The molecule has 0 N–H and O–H groups in total. The number of aryl methyl sites for hydroxylation is 2. The fourth-order valence-electron chi connectivity index (χ4n) is 2.69. The van der Waals surface area contributed by atoms with Gasteiger partial charge in [-0.25, -0.2) is 4.57 Å². The van der Waals surface area contributed by atoms with Gasteiger partial charge in [0.25, 0.3) is 0 Å². The van der Waals surface area contributed by atoms with E-state index in [0.717, 1.165) is 16.9 Å². The first-order valence-corrected chi connectivity index (χ1v) is 7.28. The molecule has 0 bridgehead atoms. The Morgan fingerprint density at radius 2 is 1.86 bits per heavy atom. The lowest BCUT2D eigenvalue weighted by Gasteiger charge is -2.08. The van der Waals surface area contributed by atoms with Crippen molar-refractivity contribution in [2.45, 2.75) is 26.7 Å². The second-order valence-corrected chi connectivity index (χ2v) is 5.81. The van der Waals surface area contributed by atoms with Crippen molar-refractivity contribution in [3.63, 3.8) is 0 Å². The van der Waals surface area contributed by atoms with E-state index in [1.165, 1.54) is 16.5 Å². The van der Waals surface area contributed by atoms with E-state index in [-0.39, 0.29) is 0 Å². The van der Waals surface area contributed by atoms with Crippen LogP contribution in [-0.4, -0.2) is 9.97 Å². The lowest BCUT2D eigenvalue weighted by Crippen LogP contribution is -2.32. The highest BCUT2D eigenvalue weighted by Gasteiger charge is 2.19. The van der Waals surface area contributed by atoms with E-state index in [1.54, 1.807) is 0 Å². The molecule has 0 saturated heterocycles. The lowest BCUT2D eigenvalue weighted by molar-refractivity contribution is -0.661. The fourth-order valence-corrected chi connectivity index (χ4v) is 2.69. The summed E-state index contributed by atoms with van der Waals surface area (Å²) in [6.45, 7) is 6.49. The SMILES string of the molecule is Cc1ccccc1-c1nc2cncc(C(C)C)c2c[n+]1C. The number of benzene rings is 1. The molecule has 0 fully saturated rings. The Morgan fingerprint density at radius 1 is 1.10 bits per heavy atom. The average Bonchev–Trinajstić information content (AvgIpc) is 2.46. The molecule has 0 spiro atoms. The molecule has 0 amide bonds. The Hall–Kier alpha value is -2.29. The number of nitrogens with zero attached hydrogens (tertiary/aromatic N) is 3. The van der Waals surface area contributed by atoms with Crippen molar-refractivity contribution in [1.29, 1.82) is 0 Å². The number of hydrogen-bond donors (Lipinski definition) is 0. The summed E-state index contributed by atoms with van der Waals surface area (Å²) >= 11 is 0. The Bertz CT molecular complexity index is 807. The van der Waals surface area contributed by atoms with E-state index in [1.807, 2.05) is 12.4 Å². The van der Waals surface area contributed by atoms with Crippen LogP contribution in [0.1, 0.15) is 30.9 Å². The highest BCUT2D eigenvalue weighted by molar-refractivity contribution is 5.81. The van der Waals surface area contributed by atoms with Crippen LogP contribution in [0.5, 0.6) is 0 Å². The first-order chi connectivity index (χ1) is 10.1. The largest absolute Gasteiger partial charge is 0.331 e. The number of pyridine rings is 1. The summed E-state index contributed by atoms with van der Waals surface area (Å²) in [7, 11) is 2.05. The van der Waals surface area contributed by atoms with Crippen molar-refractivity contribution in [2.24, 2.45) is 7.05 Å². The molecule has 3 aromatic rings. The van der Waals surface area contributed by atoms with Gasteiger partial charge in [0.2, 0.25) is 5.52 Å². The van der Waals surface area contributed by atoms with Crippen molar-refractivity contribution >= 4 is 10.9 Å². The predicted octanol–water partition coefficient (Wildman–Crippen LogP) is 3.55. The summed E-state index contributed by atoms with van der Waals surface area (Å²) in [6, 6.07) is 8.34. The topological polar surface area (TPSA) is 29.7 Å². The van der Waals surface area contributed by atoms with E-state index < -0.39 is 0 Å². The van der Waals surface area contributed by atoms with E-state index in [0.29, 0.717) is 5.92 Å². The molecule has 0 unspecified atom stereocenters. The van der Waals surface area contributed by atoms with Gasteiger partial charge in [0.15, 0.2) is 0 Å². The summed E-state index contributed by atoms with van der Waals surface area (Å²) in [5.74, 6) is 1.41. The monoisotopic (exact) mass is 278 g/mol. The second-order valence-electron chi connectivity index (χ2n) is 5.81. The zero-order chi connectivity index (χ0) is 15.0. The predicted molar refractivity (Wildman–Crippen MR) is 85.0 cm³/mol. The first-order valence-electron chi connectivity index (χ1n) is 7.28. The first kappa shape index (κ1) is 13.7. The van der Waals surface area contributed by atoms with Crippen LogP contribution < -0.4 is 4.57 Å². The van der Waals surface area contributed by atoms with E-state index in [9.17, 15) is 0 Å². The zero-order valence-electron chi connectivity index (χ0n) is 13.0. The third-order valence-corrected chi connectivity index (χ3v) is 3.89. The van der Waals surface area contributed by atoms with Gasteiger partial charge in [-0.05, 0) is 35.0 Å². The molecule has 0 aliphatic rings. The molecule has 21 heavy (non-hydrogen) atoms. The van der Waals surface area contributed by atoms with Gasteiger partial charge >= 0.3 is 5.82 Å². The number of rotatable bonds is 2. The summed E-state index contributed by atoms with van der Waals surface area (Å²) in [6.07, 6.45) is 5.96. The third kappa shape index (κ3) is 2.40. The van der Waals surface area contributed by atoms with Crippen LogP contribution in [0.15, 0.2) is 42.9 Å². The van der Waals surface area contributed by atoms with Gasteiger partial charge in [-0.15, -0.1) is 0 Å². The zero-order valence-corrected chi connectivity index (χ0v) is 13.0. The minimum Gasteiger partial charge on any atom is -0.260 e. The van der Waals surface area contributed by atoms with Gasteiger partial charge in [0.1, 0.15) is 6.20 Å². The molecule has 0 atom stereocenters. The van der Waals surface area contributed by atoms with E-state index in [2.05, 4.69) is 67.8 Å². The normalized spacial score (nSPS) is 11.3. The van der Waals surface area contributed by atoms with Crippen molar-refractivity contribution in [3.8, 4) is 11.4 Å². The van der Waals surface area contributed by atoms with Crippen LogP contribution in [0.2, 0.25) is 0 Å². The van der Waals surface area contributed by atoms with Crippen molar-refractivity contribution in [1.82, 2.24) is 9.97 Å². The standard InChI is InChI=1S/C18H20N3/c1-12(2)15-9-19-10-17-16(15)11-21(4)18(20-17)14-8-6-5-7-13(14)3/h5-12H,1-4H3/q+1. The third-order valence-electron chi connectivity index (χ3n) is 3.89. The molecule has 3 heteroatoms. The minimum atomic E-state index is 0.437. The lowest BCUT2D eigenvalue weighted by atomic mass is 10.0. The van der Waals surface area contributed by atoms with Gasteiger partial charge in [-0.1, -0.05) is 32.0 Å². The molecular formula is C18H20N3+. The highest BCUT2D eigenvalue weighted by atomic mass is 15.0. The van der Waals surface area contributed by atoms with Crippen molar-refractivity contribution in [2.75, 3.05) is 0 Å². The molecule has 106 valence electrons. The van der Waals surface area contributed by atoms with Crippen LogP contribution in [0, 0.1) is 6.92 Å². The summed E-state index contributed by atoms with van der Waals surface area (Å²) in [5, 5.41) is 1.18. The molecule has 3 rings (SSSR count). The quantitative estimate of drug-likeness (QED) is 0.671. The van der Waals surface area contributed by atoms with Gasteiger partial charge in [0, 0.05) is 6.20 Å². The average molecular weight is 278 g/mol. The number of fused-ring (bicyclic) bond motifs is 1. The smallest absolute Gasteiger partial charge is 0.260 e. The maximum absolute atomic E-state index is 4.85. The fraction of sp³-hybridized carbons (Fsp3) is 0.278. The molecule has 0 saturated carbocycles. The van der Waals surface area contributed by atoms with Gasteiger partial charge in [0.05, 0.1) is 24.2 Å². The van der Waals surface area contributed by atoms with Gasteiger partial charge in [-0.2, -0.15) is 0 Å². The molecule has 1 aromatic carbocycles. The van der Waals surface area contributed by atoms with Gasteiger partial charge < -0.3 is 0 Å². The molecule has 0 aliphatic carbocycles. The maximum atomic E-state index is 4.85. The number of hydrogen-bond acceptors (Lipinski definition) is 2. The number of aromatic nitrogens is 3. The second kappa shape index (κ2) is 5.24. The molecule has 2 heterocycles. The minimum absolute atomic E-state index is 0.437. The summed E-state index contributed by atoms with van der Waals surface area (Å²) in [4.78, 5) is 9.20. The van der Waals surface area contributed by atoms with Crippen LogP contribution >= 0.6 is 0 Å². The summed E-state index contributed by atoms with van der Waals surface area (Å²) < 4.78 is 2.11. The Kier molecular flexibility index (Phi) is 3.42. The Balaban J connectivity index is 2.28. The summed E-state index contributed by atoms with van der Waals surface area (Å²) in [5.41, 5.74) is 4.59. The van der Waals surface area contributed by atoms with Gasteiger partial charge in [-0.3, -0.25) is 4.98 Å². The van der Waals surface area contributed by atoms with Crippen LogP contribution in [0.3, 0.4) is 0 Å². The molecule has 2 aromatic heterocycles. The van der Waals surface area contributed by atoms with Crippen LogP contribution in [0.25, 0.3) is 22.3 Å². The molecule has 0 radical (unpaired) electrons. The molecular weight excluding hydrogens is 258 g/mol. The van der Waals surface area contributed by atoms with E-state index in [4.69, 9.17) is 4.98 Å². The molecule has 3 nitrogen and oxygen atoms in total.